The summed E-state index contributed by atoms with van der Waals surface area (Å²) in [7, 11) is 1.49. The Labute approximate surface area is 213 Å². The zero-order valence-electron chi connectivity index (χ0n) is 16.9. The number of carbonyl (C=O) groups is 2. The molecule has 2 amide bonds. The topological polar surface area (TPSA) is 67.9 Å². The zero-order valence-corrected chi connectivity index (χ0v) is 21.6. The van der Waals surface area contributed by atoms with Crippen LogP contribution in [0.5, 0.6) is 11.5 Å². The van der Waals surface area contributed by atoms with Crippen LogP contribution < -0.4 is 14.8 Å². The Bertz CT molecular complexity index is 1130. The van der Waals surface area contributed by atoms with E-state index in [1.165, 1.54) is 18.9 Å². The van der Waals surface area contributed by atoms with E-state index in [1.807, 2.05) is 6.92 Å². The lowest BCUT2D eigenvalue weighted by atomic mass is 10.2. The molecule has 0 bridgehead atoms. The molecule has 1 saturated heterocycles. The third kappa shape index (κ3) is 5.58. The fourth-order valence-electron chi connectivity index (χ4n) is 2.81. The number of nitrogens with one attached hydrogen (secondary N) is 1. The SMILES string of the molecule is CCN1C(=O)/C(=C/c2cc(Br)c(OCC(=O)Nc3cccc(Cl)c3Cl)c(OC)c2)SC1=S. The van der Waals surface area contributed by atoms with Gasteiger partial charge in [-0.2, -0.15) is 0 Å². The summed E-state index contributed by atoms with van der Waals surface area (Å²) in [6, 6.07) is 8.42. The molecule has 0 saturated carbocycles. The molecule has 32 heavy (non-hydrogen) atoms. The Balaban J connectivity index is 1.75. The van der Waals surface area contributed by atoms with Crippen molar-refractivity contribution in [3.05, 3.63) is 55.3 Å². The molecule has 2 aromatic carbocycles. The second kappa shape index (κ2) is 10.9. The Hall–Kier alpha value is -1.78. The molecule has 2 aromatic rings. The monoisotopic (exact) mass is 574 g/mol. The van der Waals surface area contributed by atoms with Crippen molar-refractivity contribution in [1.29, 1.82) is 0 Å². The summed E-state index contributed by atoms with van der Waals surface area (Å²) in [5, 5.41) is 3.24. The average Bonchev–Trinajstić information content (AvgIpc) is 3.02. The number of methoxy groups -OCH3 is 1. The molecule has 0 unspecified atom stereocenters. The third-order valence-corrected chi connectivity index (χ3v) is 7.10. The molecule has 168 valence electrons. The highest BCUT2D eigenvalue weighted by Gasteiger charge is 2.30. The van der Waals surface area contributed by atoms with Gasteiger partial charge in [-0.15, -0.1) is 0 Å². The van der Waals surface area contributed by atoms with Crippen molar-refractivity contribution in [3.8, 4) is 11.5 Å². The molecule has 1 N–H and O–H groups in total. The molecule has 0 aromatic heterocycles. The highest BCUT2D eigenvalue weighted by atomic mass is 79.9. The minimum Gasteiger partial charge on any atom is -0.493 e. The van der Waals surface area contributed by atoms with E-state index in [-0.39, 0.29) is 17.5 Å². The maximum Gasteiger partial charge on any atom is 0.266 e. The Kier molecular flexibility index (Phi) is 8.46. The van der Waals surface area contributed by atoms with E-state index in [0.717, 1.165) is 0 Å². The lowest BCUT2D eigenvalue weighted by Crippen LogP contribution is -2.27. The van der Waals surface area contributed by atoms with Crippen molar-refractivity contribution in [2.24, 2.45) is 0 Å². The fourth-order valence-corrected chi connectivity index (χ4v) is 5.12. The standard InChI is InChI=1S/C21H17BrCl2N2O4S2/c1-3-26-20(28)16(32-21(26)31)9-11-7-12(22)19(15(8-11)29-2)30-10-17(27)25-14-6-4-5-13(23)18(14)24/h4-9H,3,10H2,1-2H3,(H,25,27)/b16-9-. The minimum absolute atomic E-state index is 0.130. The normalized spacial score (nSPS) is 14.8. The number of thiocarbonyl (C=S) groups is 1. The van der Waals surface area contributed by atoms with E-state index >= 15 is 0 Å². The van der Waals surface area contributed by atoms with Gasteiger partial charge in [0.1, 0.15) is 4.32 Å². The van der Waals surface area contributed by atoms with Gasteiger partial charge in [0.15, 0.2) is 18.1 Å². The van der Waals surface area contributed by atoms with Crippen molar-refractivity contribution in [3.63, 3.8) is 0 Å². The first-order valence-corrected chi connectivity index (χ1v) is 12.0. The van der Waals surface area contributed by atoms with Gasteiger partial charge < -0.3 is 14.8 Å². The molecule has 0 radical (unpaired) electrons. The van der Waals surface area contributed by atoms with Crippen LogP contribution >= 0.6 is 63.1 Å². The van der Waals surface area contributed by atoms with E-state index in [4.69, 9.17) is 44.9 Å². The highest BCUT2D eigenvalue weighted by Crippen LogP contribution is 2.39. The molecule has 0 spiro atoms. The van der Waals surface area contributed by atoms with Gasteiger partial charge in [0, 0.05) is 6.54 Å². The summed E-state index contributed by atoms with van der Waals surface area (Å²) < 4.78 is 12.2. The molecule has 1 heterocycles. The smallest absolute Gasteiger partial charge is 0.266 e. The Morgan fingerprint density at radius 3 is 2.75 bits per heavy atom. The quantitative estimate of drug-likeness (QED) is 0.322. The van der Waals surface area contributed by atoms with E-state index in [0.29, 0.717) is 48.0 Å². The lowest BCUT2D eigenvalue weighted by Gasteiger charge is -2.14. The van der Waals surface area contributed by atoms with Crippen molar-refractivity contribution in [2.75, 3.05) is 25.6 Å². The predicted molar refractivity (Wildman–Crippen MR) is 137 cm³/mol. The maximum absolute atomic E-state index is 12.4. The van der Waals surface area contributed by atoms with Crippen LogP contribution in [0.3, 0.4) is 0 Å². The molecule has 11 heteroatoms. The van der Waals surface area contributed by atoms with Gasteiger partial charge in [0.25, 0.3) is 11.8 Å². The Morgan fingerprint density at radius 2 is 2.09 bits per heavy atom. The number of halogens is 3. The van der Waals surface area contributed by atoms with Crippen LogP contribution in [-0.2, 0) is 9.59 Å². The van der Waals surface area contributed by atoms with Gasteiger partial charge in [-0.3, -0.25) is 14.5 Å². The Morgan fingerprint density at radius 1 is 1.34 bits per heavy atom. The summed E-state index contributed by atoms with van der Waals surface area (Å²) in [6.07, 6.45) is 1.74. The highest BCUT2D eigenvalue weighted by molar-refractivity contribution is 9.10. The number of thioether (sulfide) groups is 1. The van der Waals surface area contributed by atoms with Gasteiger partial charge in [0.2, 0.25) is 0 Å². The number of nitrogens with zero attached hydrogens (tertiary/aromatic N) is 1. The number of rotatable bonds is 7. The van der Waals surface area contributed by atoms with E-state index in [2.05, 4.69) is 21.2 Å². The van der Waals surface area contributed by atoms with Crippen molar-refractivity contribution in [1.82, 2.24) is 4.90 Å². The van der Waals surface area contributed by atoms with E-state index in [9.17, 15) is 9.59 Å². The van der Waals surface area contributed by atoms with Gasteiger partial charge in [-0.05, 0) is 58.8 Å². The largest absolute Gasteiger partial charge is 0.493 e. The summed E-state index contributed by atoms with van der Waals surface area (Å²) in [5.41, 5.74) is 1.10. The number of anilines is 1. The molecule has 0 aliphatic carbocycles. The van der Waals surface area contributed by atoms with E-state index < -0.39 is 5.91 Å². The number of ether oxygens (including phenoxy) is 2. The van der Waals surface area contributed by atoms with Crippen LogP contribution in [-0.4, -0.2) is 41.3 Å². The molecule has 1 fully saturated rings. The van der Waals surface area contributed by atoms with Gasteiger partial charge in [-0.25, -0.2) is 0 Å². The fraction of sp³-hybridized carbons (Fsp3) is 0.190. The van der Waals surface area contributed by atoms with Crippen LogP contribution in [0.1, 0.15) is 12.5 Å². The van der Waals surface area contributed by atoms with Crippen LogP contribution in [0.4, 0.5) is 5.69 Å². The van der Waals surface area contributed by atoms with Crippen LogP contribution in [0, 0.1) is 0 Å². The number of hydrogen-bond acceptors (Lipinski definition) is 6. The molecule has 1 aliphatic rings. The zero-order chi connectivity index (χ0) is 23.4. The summed E-state index contributed by atoms with van der Waals surface area (Å²) >= 11 is 22.0. The van der Waals surface area contributed by atoms with Crippen LogP contribution in [0.2, 0.25) is 10.0 Å². The predicted octanol–water partition coefficient (Wildman–Crippen LogP) is 6.00. The molecule has 3 rings (SSSR count). The van der Waals surface area contributed by atoms with Gasteiger partial charge in [-0.1, -0.05) is 53.2 Å². The molecule has 1 aliphatic heterocycles. The number of hydrogen-bond donors (Lipinski definition) is 1. The van der Waals surface area contributed by atoms with Crippen LogP contribution in [0.25, 0.3) is 6.08 Å². The van der Waals surface area contributed by atoms with Gasteiger partial charge >= 0.3 is 0 Å². The van der Waals surface area contributed by atoms with Crippen LogP contribution in [0.15, 0.2) is 39.7 Å². The molecule has 0 atom stereocenters. The average molecular weight is 576 g/mol. The number of amides is 2. The van der Waals surface area contributed by atoms with E-state index in [1.54, 1.807) is 41.3 Å². The second-order valence-corrected chi connectivity index (χ2v) is 9.71. The number of carbonyl (C=O) groups excluding carboxylic acids is 2. The third-order valence-electron chi connectivity index (χ3n) is 4.31. The van der Waals surface area contributed by atoms with Crippen molar-refractivity contribution >= 4 is 91.0 Å². The van der Waals surface area contributed by atoms with Crippen molar-refractivity contribution in [2.45, 2.75) is 6.92 Å². The van der Waals surface area contributed by atoms with Crippen molar-refractivity contribution < 1.29 is 19.1 Å². The summed E-state index contributed by atoms with van der Waals surface area (Å²) in [4.78, 5) is 26.8. The first kappa shape index (κ1) is 24.9. The number of likely N-dealkylation sites (N-methyl/N-ethyl adjacent to an activating group) is 1. The first-order valence-electron chi connectivity index (χ1n) is 9.24. The molecule has 6 nitrogen and oxygen atoms in total. The van der Waals surface area contributed by atoms with Gasteiger partial charge in [0.05, 0.1) is 32.2 Å². The summed E-state index contributed by atoms with van der Waals surface area (Å²) in [5.74, 6) is 0.188. The minimum atomic E-state index is -0.421. The second-order valence-electron chi connectivity index (χ2n) is 6.40. The molecular formula is C21H17BrCl2N2O4S2. The summed E-state index contributed by atoms with van der Waals surface area (Å²) in [6.45, 7) is 2.10. The lowest BCUT2D eigenvalue weighted by molar-refractivity contribution is -0.122. The number of benzene rings is 2. The first-order chi connectivity index (χ1) is 15.2. The maximum atomic E-state index is 12.4. The molecular weight excluding hydrogens is 559 g/mol.